The van der Waals surface area contributed by atoms with Crippen LogP contribution in [0.2, 0.25) is 0 Å². The second-order valence-corrected chi connectivity index (χ2v) is 8.08. The molecule has 0 aliphatic rings. The molecule has 0 saturated heterocycles. The molecule has 2 atom stereocenters. The zero-order valence-corrected chi connectivity index (χ0v) is 21.6. The van der Waals surface area contributed by atoms with Gasteiger partial charge in [-0.25, -0.2) is 0 Å². The van der Waals surface area contributed by atoms with Crippen LogP contribution in [0.5, 0.6) is 0 Å². The van der Waals surface area contributed by atoms with Gasteiger partial charge in [-0.15, -0.1) is 0 Å². The molecular formula is C24H44NNaO3. The summed E-state index contributed by atoms with van der Waals surface area (Å²) < 4.78 is 0. The molecule has 1 amide bonds. The number of unbranched alkanes of at least 4 members (excludes halogenated alkanes) is 11. The largest absolute Gasteiger partial charge is 1.00 e. The molecule has 0 aromatic carbocycles. The number of allylic oxidation sites excluding steroid dienone is 2. The van der Waals surface area contributed by atoms with Gasteiger partial charge in [-0.1, -0.05) is 90.7 Å². The molecule has 0 unspecified atom stereocenters. The van der Waals surface area contributed by atoms with Gasteiger partial charge in [0, 0.05) is 6.42 Å². The maximum atomic E-state index is 11.9. The van der Waals surface area contributed by atoms with Gasteiger partial charge in [0.1, 0.15) is 0 Å². The summed E-state index contributed by atoms with van der Waals surface area (Å²) in [5.41, 5.74) is 0. The standard InChI is InChI=1S/C24H45NO3.Na/c1-4-6-7-8-9-10-11-12-13-14-15-16-17-18-19-20-22(26)25-23(24(27)28)21(3)5-2;/h12-13,21,23H,4-11,14-20H2,1-3H3,(H,25,26)(H,27,28);/q;+1/p-1/b13-12-;/t21-,23-;/m0./s1. The van der Waals surface area contributed by atoms with Crippen LogP contribution < -0.4 is 40.0 Å². The Hall–Kier alpha value is -0.320. The third kappa shape index (κ3) is 19.4. The summed E-state index contributed by atoms with van der Waals surface area (Å²) in [6, 6.07) is -0.874. The Morgan fingerprint density at radius 3 is 1.79 bits per heavy atom. The Balaban J connectivity index is 0. The van der Waals surface area contributed by atoms with Gasteiger partial charge in [0.25, 0.3) is 0 Å². The van der Waals surface area contributed by atoms with Gasteiger partial charge in [0.2, 0.25) is 5.91 Å². The van der Waals surface area contributed by atoms with Crippen LogP contribution in [0.25, 0.3) is 0 Å². The first-order chi connectivity index (χ1) is 13.5. The summed E-state index contributed by atoms with van der Waals surface area (Å²) in [7, 11) is 0. The smallest absolute Gasteiger partial charge is 0.548 e. The van der Waals surface area contributed by atoms with Gasteiger partial charge in [-0.2, -0.15) is 0 Å². The van der Waals surface area contributed by atoms with Crippen molar-refractivity contribution < 1.29 is 44.3 Å². The van der Waals surface area contributed by atoms with E-state index in [0.717, 1.165) is 25.7 Å². The summed E-state index contributed by atoms with van der Waals surface area (Å²) in [5.74, 6) is -1.47. The van der Waals surface area contributed by atoms with E-state index in [1.165, 1.54) is 57.8 Å². The van der Waals surface area contributed by atoms with Crippen molar-refractivity contribution in [3.63, 3.8) is 0 Å². The fraction of sp³-hybridized carbons (Fsp3) is 0.833. The van der Waals surface area contributed by atoms with Gasteiger partial charge >= 0.3 is 29.6 Å². The number of carboxylic acids is 1. The number of amides is 1. The molecule has 4 nitrogen and oxygen atoms in total. The van der Waals surface area contributed by atoms with Crippen LogP contribution in [-0.2, 0) is 9.59 Å². The number of carbonyl (C=O) groups is 2. The van der Waals surface area contributed by atoms with E-state index >= 15 is 0 Å². The third-order valence-electron chi connectivity index (χ3n) is 5.45. The summed E-state index contributed by atoms with van der Waals surface area (Å²) in [4.78, 5) is 23.0. The maximum Gasteiger partial charge on any atom is 1.00 e. The molecule has 0 spiro atoms. The van der Waals surface area contributed by atoms with Gasteiger partial charge in [-0.3, -0.25) is 4.79 Å². The van der Waals surface area contributed by atoms with E-state index in [-0.39, 0.29) is 41.4 Å². The normalized spacial score (nSPS) is 13.1. The average Bonchev–Trinajstić information content (AvgIpc) is 2.68. The topological polar surface area (TPSA) is 69.2 Å². The predicted octanol–water partition coefficient (Wildman–Crippen LogP) is 2.31. The summed E-state index contributed by atoms with van der Waals surface area (Å²) in [6.45, 7) is 5.99. The molecule has 1 N–H and O–H groups in total. The van der Waals surface area contributed by atoms with E-state index in [4.69, 9.17) is 0 Å². The van der Waals surface area contributed by atoms with Crippen molar-refractivity contribution in [2.75, 3.05) is 0 Å². The van der Waals surface area contributed by atoms with Gasteiger partial charge < -0.3 is 15.2 Å². The molecule has 0 saturated carbocycles. The molecule has 0 aromatic heterocycles. The molecule has 164 valence electrons. The number of hydrogen-bond donors (Lipinski definition) is 1. The second kappa shape index (κ2) is 22.4. The molecule has 0 bridgehead atoms. The van der Waals surface area contributed by atoms with Crippen LogP contribution in [0.4, 0.5) is 0 Å². The fourth-order valence-electron chi connectivity index (χ4n) is 3.27. The van der Waals surface area contributed by atoms with Crippen molar-refractivity contribution in [1.29, 1.82) is 0 Å². The van der Waals surface area contributed by atoms with Gasteiger partial charge in [0.05, 0.1) is 12.0 Å². The molecular weight excluding hydrogens is 373 g/mol. The minimum Gasteiger partial charge on any atom is -0.548 e. The third-order valence-corrected chi connectivity index (χ3v) is 5.45. The Kier molecular flexibility index (Phi) is 23.8. The van der Waals surface area contributed by atoms with Crippen molar-refractivity contribution in [3.05, 3.63) is 12.2 Å². The van der Waals surface area contributed by atoms with Crippen molar-refractivity contribution in [1.82, 2.24) is 5.32 Å². The van der Waals surface area contributed by atoms with Crippen molar-refractivity contribution in [2.45, 2.75) is 123 Å². The Bertz CT molecular complexity index is 426. The Morgan fingerprint density at radius 1 is 0.828 bits per heavy atom. The zero-order valence-electron chi connectivity index (χ0n) is 19.6. The van der Waals surface area contributed by atoms with Crippen molar-refractivity contribution in [3.8, 4) is 0 Å². The van der Waals surface area contributed by atoms with E-state index in [0.29, 0.717) is 12.8 Å². The van der Waals surface area contributed by atoms with E-state index in [1.807, 2.05) is 13.8 Å². The Morgan fingerprint density at radius 2 is 1.31 bits per heavy atom. The first kappa shape index (κ1) is 30.9. The van der Waals surface area contributed by atoms with Crippen molar-refractivity contribution >= 4 is 11.9 Å². The van der Waals surface area contributed by atoms with E-state index in [1.54, 1.807) is 0 Å². The minimum absolute atomic E-state index is 0. The minimum atomic E-state index is -1.19. The van der Waals surface area contributed by atoms with E-state index in [2.05, 4.69) is 24.4 Å². The Labute approximate surface area is 202 Å². The SMILES string of the molecule is CCCCCCCC/C=C\CCCCCCCC(=O)N[C@H](C(=O)[O-])[C@@H](C)CC.[Na+]. The van der Waals surface area contributed by atoms with E-state index < -0.39 is 12.0 Å². The zero-order chi connectivity index (χ0) is 21.0. The maximum absolute atomic E-state index is 11.9. The van der Waals surface area contributed by atoms with Crippen LogP contribution in [0.1, 0.15) is 117 Å². The fourth-order valence-corrected chi connectivity index (χ4v) is 3.27. The predicted molar refractivity (Wildman–Crippen MR) is 116 cm³/mol. The molecule has 5 heteroatoms. The summed E-state index contributed by atoms with van der Waals surface area (Å²) in [5, 5.41) is 13.7. The number of aliphatic carboxylic acids is 1. The van der Waals surface area contributed by atoms with Gasteiger partial charge in [-0.05, 0) is 38.0 Å². The second-order valence-electron chi connectivity index (χ2n) is 8.08. The molecule has 0 aliphatic carbocycles. The number of nitrogens with one attached hydrogen (secondary N) is 1. The average molecular weight is 418 g/mol. The molecule has 0 aliphatic heterocycles. The molecule has 29 heavy (non-hydrogen) atoms. The van der Waals surface area contributed by atoms with Crippen LogP contribution in [0.15, 0.2) is 12.2 Å². The number of carboxylic acid groups (broad SMARTS) is 1. The molecule has 0 heterocycles. The quantitative estimate of drug-likeness (QED) is 0.199. The van der Waals surface area contributed by atoms with Crippen LogP contribution in [0, 0.1) is 5.92 Å². The van der Waals surface area contributed by atoms with Crippen LogP contribution in [-0.4, -0.2) is 17.9 Å². The number of rotatable bonds is 19. The molecule has 0 aromatic rings. The number of carbonyl (C=O) groups excluding carboxylic acids is 2. The van der Waals surface area contributed by atoms with Crippen LogP contribution >= 0.6 is 0 Å². The number of hydrogen-bond acceptors (Lipinski definition) is 3. The first-order valence-corrected chi connectivity index (χ1v) is 11.7. The summed E-state index contributed by atoms with van der Waals surface area (Å²) >= 11 is 0. The van der Waals surface area contributed by atoms with Crippen LogP contribution in [0.3, 0.4) is 0 Å². The van der Waals surface area contributed by atoms with E-state index in [9.17, 15) is 14.7 Å². The van der Waals surface area contributed by atoms with Crippen molar-refractivity contribution in [2.24, 2.45) is 5.92 Å². The summed E-state index contributed by atoms with van der Waals surface area (Å²) in [6.07, 6.45) is 21.6. The van der Waals surface area contributed by atoms with Gasteiger partial charge in [0.15, 0.2) is 0 Å². The first-order valence-electron chi connectivity index (χ1n) is 11.7. The molecule has 0 rings (SSSR count). The molecule has 0 radical (unpaired) electrons. The molecule has 0 fully saturated rings. The monoisotopic (exact) mass is 417 g/mol.